The van der Waals surface area contributed by atoms with E-state index in [9.17, 15) is 4.79 Å². The molecule has 98 valence electrons. The van der Waals surface area contributed by atoms with Crippen molar-refractivity contribution in [3.63, 3.8) is 0 Å². The zero-order valence-corrected chi connectivity index (χ0v) is 11.2. The van der Waals surface area contributed by atoms with Crippen LogP contribution in [0.25, 0.3) is 0 Å². The quantitative estimate of drug-likeness (QED) is 0.862. The van der Waals surface area contributed by atoms with Crippen LogP contribution in [0.4, 0.5) is 5.82 Å². The van der Waals surface area contributed by atoms with Gasteiger partial charge >= 0.3 is 0 Å². The van der Waals surface area contributed by atoms with Crippen molar-refractivity contribution in [2.75, 3.05) is 18.4 Å². The molecule has 1 aliphatic rings. The number of likely N-dealkylation sites (tertiary alicyclic amines) is 1. The minimum absolute atomic E-state index is 0.169. The summed E-state index contributed by atoms with van der Waals surface area (Å²) in [5.41, 5.74) is 0.978. The topological polar surface area (TPSA) is 58.1 Å². The molecular formula is C13H20N4O. The molecule has 1 saturated heterocycles. The highest BCUT2D eigenvalue weighted by atomic mass is 16.2. The van der Waals surface area contributed by atoms with Gasteiger partial charge in [0.2, 0.25) is 5.91 Å². The maximum atomic E-state index is 11.2. The predicted octanol–water partition coefficient (Wildman–Crippen LogP) is 1.52. The zero-order chi connectivity index (χ0) is 13.1. The molecule has 18 heavy (non-hydrogen) atoms. The van der Waals surface area contributed by atoms with Gasteiger partial charge in [0.1, 0.15) is 11.6 Å². The van der Waals surface area contributed by atoms with E-state index >= 15 is 0 Å². The van der Waals surface area contributed by atoms with Gasteiger partial charge in [0.05, 0.1) is 0 Å². The van der Waals surface area contributed by atoms with Gasteiger partial charge in [0, 0.05) is 37.8 Å². The molecule has 1 amide bonds. The lowest BCUT2D eigenvalue weighted by atomic mass is 10.1. The second-order valence-electron chi connectivity index (χ2n) is 4.87. The van der Waals surface area contributed by atoms with E-state index in [0.717, 1.165) is 43.3 Å². The van der Waals surface area contributed by atoms with Gasteiger partial charge in [-0.1, -0.05) is 0 Å². The molecule has 0 radical (unpaired) electrons. The van der Waals surface area contributed by atoms with Crippen LogP contribution < -0.4 is 5.32 Å². The van der Waals surface area contributed by atoms with Crippen LogP contribution in [0.1, 0.15) is 31.3 Å². The predicted molar refractivity (Wildman–Crippen MR) is 70.4 cm³/mol. The molecule has 0 atom stereocenters. The van der Waals surface area contributed by atoms with Gasteiger partial charge in [0.15, 0.2) is 0 Å². The lowest BCUT2D eigenvalue weighted by Gasteiger charge is -2.32. The van der Waals surface area contributed by atoms with E-state index in [1.165, 1.54) is 0 Å². The number of aryl methyl sites for hydroxylation is 2. The Kier molecular flexibility index (Phi) is 3.79. The van der Waals surface area contributed by atoms with Gasteiger partial charge in [-0.25, -0.2) is 9.97 Å². The molecule has 2 rings (SSSR count). The van der Waals surface area contributed by atoms with Crippen molar-refractivity contribution in [1.29, 1.82) is 0 Å². The normalized spacial score (nSPS) is 16.7. The van der Waals surface area contributed by atoms with Crippen LogP contribution in [-0.2, 0) is 4.79 Å². The Labute approximate surface area is 108 Å². The molecule has 0 unspecified atom stereocenters. The molecule has 5 heteroatoms. The van der Waals surface area contributed by atoms with Crippen LogP contribution in [0.15, 0.2) is 6.07 Å². The number of anilines is 1. The molecule has 1 aromatic rings. The Hall–Kier alpha value is -1.65. The number of carbonyl (C=O) groups excluding carboxylic acids is 1. The minimum Gasteiger partial charge on any atom is -0.367 e. The van der Waals surface area contributed by atoms with Gasteiger partial charge in [-0.3, -0.25) is 4.79 Å². The van der Waals surface area contributed by atoms with E-state index in [1.54, 1.807) is 6.92 Å². The van der Waals surface area contributed by atoms with Crippen LogP contribution in [-0.4, -0.2) is 39.9 Å². The van der Waals surface area contributed by atoms with Gasteiger partial charge in [-0.15, -0.1) is 0 Å². The summed E-state index contributed by atoms with van der Waals surface area (Å²) in [5, 5.41) is 3.43. The highest BCUT2D eigenvalue weighted by molar-refractivity contribution is 5.73. The Bertz CT molecular complexity index is 418. The third kappa shape index (κ3) is 3.18. The van der Waals surface area contributed by atoms with Crippen LogP contribution in [0, 0.1) is 13.8 Å². The lowest BCUT2D eigenvalue weighted by molar-refractivity contribution is -0.129. The molecule has 1 fully saturated rings. The zero-order valence-electron chi connectivity index (χ0n) is 11.2. The first-order valence-corrected chi connectivity index (χ1v) is 6.39. The highest BCUT2D eigenvalue weighted by Crippen LogP contribution is 2.15. The molecule has 0 aromatic carbocycles. The summed E-state index contributed by atoms with van der Waals surface area (Å²) in [4.78, 5) is 21.8. The second kappa shape index (κ2) is 5.33. The van der Waals surface area contributed by atoms with Crippen LogP contribution in [0.5, 0.6) is 0 Å². The number of nitrogens with zero attached hydrogens (tertiary/aromatic N) is 3. The Balaban J connectivity index is 1.93. The first kappa shape index (κ1) is 12.8. The van der Waals surface area contributed by atoms with E-state index in [1.807, 2.05) is 24.8 Å². The summed E-state index contributed by atoms with van der Waals surface area (Å²) in [6.07, 6.45) is 1.95. The van der Waals surface area contributed by atoms with Crippen LogP contribution in [0.2, 0.25) is 0 Å². The molecule has 1 aromatic heterocycles. The maximum absolute atomic E-state index is 11.2. The number of aromatic nitrogens is 2. The largest absolute Gasteiger partial charge is 0.367 e. The van der Waals surface area contributed by atoms with Crippen LogP contribution >= 0.6 is 0 Å². The number of rotatable bonds is 2. The third-order valence-electron chi connectivity index (χ3n) is 3.26. The standard InChI is InChI=1S/C13H20N4O/c1-9-8-13(15-10(2)14-9)16-12-4-6-17(7-5-12)11(3)18/h8,12H,4-7H2,1-3H3,(H,14,15,16). The molecule has 0 aliphatic carbocycles. The van der Waals surface area contributed by atoms with E-state index < -0.39 is 0 Å². The summed E-state index contributed by atoms with van der Waals surface area (Å²) in [6, 6.07) is 2.36. The summed E-state index contributed by atoms with van der Waals surface area (Å²) in [6.45, 7) is 7.16. The fraction of sp³-hybridized carbons (Fsp3) is 0.615. The maximum Gasteiger partial charge on any atom is 0.219 e. The number of hydrogen-bond acceptors (Lipinski definition) is 4. The summed E-state index contributed by atoms with van der Waals surface area (Å²) in [7, 11) is 0. The fourth-order valence-corrected chi connectivity index (χ4v) is 2.34. The number of amides is 1. The van der Waals surface area contributed by atoms with Crippen molar-refractivity contribution >= 4 is 11.7 Å². The number of hydrogen-bond donors (Lipinski definition) is 1. The van der Waals surface area contributed by atoms with Gasteiger partial charge in [-0.05, 0) is 26.7 Å². The molecule has 1 N–H and O–H groups in total. The van der Waals surface area contributed by atoms with Crippen LogP contribution in [0.3, 0.4) is 0 Å². The number of carbonyl (C=O) groups is 1. The van der Waals surface area contributed by atoms with Crippen molar-refractivity contribution in [3.05, 3.63) is 17.6 Å². The van der Waals surface area contributed by atoms with Crippen molar-refractivity contribution in [1.82, 2.24) is 14.9 Å². The van der Waals surface area contributed by atoms with Crippen molar-refractivity contribution in [2.45, 2.75) is 39.7 Å². The molecule has 1 aliphatic heterocycles. The summed E-state index contributed by atoms with van der Waals surface area (Å²) in [5.74, 6) is 1.85. The monoisotopic (exact) mass is 248 g/mol. The van der Waals surface area contributed by atoms with Gasteiger partial charge < -0.3 is 10.2 Å². The van der Waals surface area contributed by atoms with Gasteiger partial charge in [-0.2, -0.15) is 0 Å². The summed E-state index contributed by atoms with van der Waals surface area (Å²) < 4.78 is 0. The molecule has 0 saturated carbocycles. The van der Waals surface area contributed by atoms with Gasteiger partial charge in [0.25, 0.3) is 0 Å². The van der Waals surface area contributed by atoms with Crippen molar-refractivity contribution < 1.29 is 4.79 Å². The average Bonchev–Trinajstić information content (AvgIpc) is 2.28. The number of nitrogens with one attached hydrogen (secondary N) is 1. The molecule has 2 heterocycles. The highest BCUT2D eigenvalue weighted by Gasteiger charge is 2.20. The van der Waals surface area contributed by atoms with E-state index in [0.29, 0.717) is 6.04 Å². The Morgan fingerprint density at radius 1 is 1.33 bits per heavy atom. The fourth-order valence-electron chi connectivity index (χ4n) is 2.34. The average molecular weight is 248 g/mol. The third-order valence-corrected chi connectivity index (χ3v) is 3.26. The minimum atomic E-state index is 0.169. The lowest BCUT2D eigenvalue weighted by Crippen LogP contribution is -2.41. The molecule has 5 nitrogen and oxygen atoms in total. The van der Waals surface area contributed by atoms with E-state index in [4.69, 9.17) is 0 Å². The second-order valence-corrected chi connectivity index (χ2v) is 4.87. The molecular weight excluding hydrogens is 228 g/mol. The van der Waals surface area contributed by atoms with Crippen molar-refractivity contribution in [3.8, 4) is 0 Å². The first-order valence-electron chi connectivity index (χ1n) is 6.39. The van der Waals surface area contributed by atoms with E-state index in [2.05, 4.69) is 15.3 Å². The number of piperidine rings is 1. The van der Waals surface area contributed by atoms with E-state index in [-0.39, 0.29) is 5.91 Å². The summed E-state index contributed by atoms with van der Waals surface area (Å²) >= 11 is 0. The Morgan fingerprint density at radius 2 is 2.00 bits per heavy atom. The Morgan fingerprint density at radius 3 is 2.56 bits per heavy atom. The first-order chi connectivity index (χ1) is 8.54. The SMILES string of the molecule is CC(=O)N1CCC(Nc2cc(C)nc(C)n2)CC1. The molecule has 0 spiro atoms. The molecule has 0 bridgehead atoms. The van der Waals surface area contributed by atoms with Crippen molar-refractivity contribution in [2.24, 2.45) is 0 Å². The smallest absolute Gasteiger partial charge is 0.219 e.